The molecule has 1 N–H and O–H groups in total. The molecule has 0 aliphatic heterocycles. The maximum atomic E-state index is 12.5. The van der Waals surface area contributed by atoms with Crippen LogP contribution in [0.4, 0.5) is 0 Å². The van der Waals surface area contributed by atoms with E-state index in [0.29, 0.717) is 17.8 Å². The molecule has 4 heteroatoms. The van der Waals surface area contributed by atoms with E-state index >= 15 is 0 Å². The number of nitrogens with zero attached hydrogens (tertiary/aromatic N) is 2. The third-order valence-electron chi connectivity index (χ3n) is 3.54. The van der Waals surface area contributed by atoms with Gasteiger partial charge < -0.3 is 5.32 Å². The van der Waals surface area contributed by atoms with Gasteiger partial charge in [0.1, 0.15) is 6.33 Å². The zero-order valence-corrected chi connectivity index (χ0v) is 12.9. The zero-order valence-electron chi connectivity index (χ0n) is 12.9. The van der Waals surface area contributed by atoms with Crippen molar-refractivity contribution in [1.29, 1.82) is 0 Å². The molecule has 0 atom stereocenters. The number of benzene rings is 2. The molecular weight excluding hydrogens is 286 g/mol. The number of carbonyl (C=O) groups is 1. The Balaban J connectivity index is 1.80. The van der Waals surface area contributed by atoms with E-state index in [0.717, 1.165) is 11.1 Å². The van der Waals surface area contributed by atoms with Crippen molar-refractivity contribution in [3.05, 3.63) is 83.8 Å². The highest BCUT2D eigenvalue weighted by Crippen LogP contribution is 2.20. The Kier molecular flexibility index (Phi) is 4.43. The average Bonchev–Trinajstić information content (AvgIpc) is 2.60. The first kappa shape index (κ1) is 14.9. The Labute approximate surface area is 135 Å². The highest BCUT2D eigenvalue weighted by Gasteiger charge is 2.14. The van der Waals surface area contributed by atoms with E-state index in [-0.39, 0.29) is 5.91 Å². The fourth-order valence-corrected chi connectivity index (χ4v) is 2.42. The van der Waals surface area contributed by atoms with Crippen LogP contribution in [0.3, 0.4) is 0 Å². The maximum absolute atomic E-state index is 12.5. The fourth-order valence-electron chi connectivity index (χ4n) is 2.42. The van der Waals surface area contributed by atoms with E-state index in [2.05, 4.69) is 21.4 Å². The Morgan fingerprint density at radius 2 is 1.91 bits per heavy atom. The molecule has 3 rings (SSSR count). The molecule has 4 nitrogen and oxygen atoms in total. The molecule has 3 aromatic rings. The molecule has 1 heterocycles. The molecule has 0 spiro atoms. The molecule has 1 aromatic heterocycles. The summed E-state index contributed by atoms with van der Waals surface area (Å²) in [5.74, 6) is -0.175. The third kappa shape index (κ3) is 3.61. The number of hydrogen-bond donors (Lipinski definition) is 1. The summed E-state index contributed by atoms with van der Waals surface area (Å²) >= 11 is 0. The van der Waals surface area contributed by atoms with Gasteiger partial charge >= 0.3 is 0 Å². The van der Waals surface area contributed by atoms with Crippen LogP contribution in [0.15, 0.2) is 67.1 Å². The molecule has 0 fully saturated rings. The highest BCUT2D eigenvalue weighted by atomic mass is 16.1. The molecule has 0 saturated heterocycles. The van der Waals surface area contributed by atoms with Gasteiger partial charge in [0.15, 0.2) is 0 Å². The van der Waals surface area contributed by atoms with E-state index in [9.17, 15) is 4.79 Å². The van der Waals surface area contributed by atoms with Gasteiger partial charge in [-0.3, -0.25) is 4.79 Å². The first-order valence-corrected chi connectivity index (χ1v) is 7.43. The minimum Gasteiger partial charge on any atom is -0.348 e. The topological polar surface area (TPSA) is 54.9 Å². The van der Waals surface area contributed by atoms with Crippen molar-refractivity contribution in [2.24, 2.45) is 0 Å². The monoisotopic (exact) mass is 303 g/mol. The minimum atomic E-state index is -0.175. The van der Waals surface area contributed by atoms with Crippen molar-refractivity contribution in [3.8, 4) is 11.3 Å². The van der Waals surface area contributed by atoms with Gasteiger partial charge in [0, 0.05) is 18.3 Å². The standard InChI is InChI=1S/C19H17N3O/c1-14-6-5-7-15(10-14)11-21-19(23)17-12-20-13-22-18(17)16-8-3-2-4-9-16/h2-10,12-13H,11H2,1H3,(H,21,23). The number of aryl methyl sites for hydroxylation is 1. The Morgan fingerprint density at radius 1 is 1.09 bits per heavy atom. The first-order chi connectivity index (χ1) is 11.2. The second-order valence-corrected chi connectivity index (χ2v) is 5.32. The van der Waals surface area contributed by atoms with Gasteiger partial charge in [-0.05, 0) is 12.5 Å². The van der Waals surface area contributed by atoms with Gasteiger partial charge in [0.2, 0.25) is 0 Å². The lowest BCUT2D eigenvalue weighted by Crippen LogP contribution is -2.24. The van der Waals surface area contributed by atoms with Crippen molar-refractivity contribution in [2.75, 3.05) is 0 Å². The second kappa shape index (κ2) is 6.83. The van der Waals surface area contributed by atoms with Crippen LogP contribution < -0.4 is 5.32 Å². The lowest BCUT2D eigenvalue weighted by molar-refractivity contribution is 0.0951. The van der Waals surface area contributed by atoms with Crippen LogP contribution in [0.2, 0.25) is 0 Å². The van der Waals surface area contributed by atoms with Crippen molar-refractivity contribution in [1.82, 2.24) is 15.3 Å². The van der Waals surface area contributed by atoms with Crippen LogP contribution in [0.1, 0.15) is 21.5 Å². The number of rotatable bonds is 4. The lowest BCUT2D eigenvalue weighted by atomic mass is 10.1. The molecule has 0 aliphatic rings. The minimum absolute atomic E-state index is 0.175. The third-order valence-corrected chi connectivity index (χ3v) is 3.54. The quantitative estimate of drug-likeness (QED) is 0.804. The van der Waals surface area contributed by atoms with Gasteiger partial charge in [0.25, 0.3) is 5.91 Å². The number of aromatic nitrogens is 2. The largest absolute Gasteiger partial charge is 0.348 e. The van der Waals surface area contributed by atoms with Gasteiger partial charge in [0.05, 0.1) is 11.3 Å². The molecule has 0 radical (unpaired) electrons. The maximum Gasteiger partial charge on any atom is 0.255 e. The molecule has 114 valence electrons. The summed E-state index contributed by atoms with van der Waals surface area (Å²) in [6, 6.07) is 17.7. The van der Waals surface area contributed by atoms with E-state index in [1.807, 2.05) is 55.5 Å². The molecule has 2 aromatic carbocycles. The highest BCUT2D eigenvalue weighted by molar-refractivity contribution is 5.99. The number of carbonyl (C=O) groups excluding carboxylic acids is 1. The zero-order chi connectivity index (χ0) is 16.1. The molecule has 0 saturated carbocycles. The predicted molar refractivity (Wildman–Crippen MR) is 89.8 cm³/mol. The van der Waals surface area contributed by atoms with Crippen LogP contribution in [0.5, 0.6) is 0 Å². The summed E-state index contributed by atoms with van der Waals surface area (Å²) in [6.07, 6.45) is 3.01. The van der Waals surface area contributed by atoms with Crippen LogP contribution in [-0.2, 0) is 6.54 Å². The van der Waals surface area contributed by atoms with Crippen LogP contribution in [-0.4, -0.2) is 15.9 Å². The van der Waals surface area contributed by atoms with E-state index in [1.54, 1.807) is 6.20 Å². The van der Waals surface area contributed by atoms with E-state index in [1.165, 1.54) is 11.9 Å². The van der Waals surface area contributed by atoms with Crippen molar-refractivity contribution in [2.45, 2.75) is 13.5 Å². The number of hydrogen-bond acceptors (Lipinski definition) is 3. The fraction of sp³-hybridized carbons (Fsp3) is 0.105. The average molecular weight is 303 g/mol. The molecule has 23 heavy (non-hydrogen) atoms. The van der Waals surface area contributed by atoms with E-state index in [4.69, 9.17) is 0 Å². The van der Waals surface area contributed by atoms with Crippen molar-refractivity contribution in [3.63, 3.8) is 0 Å². The summed E-state index contributed by atoms with van der Waals surface area (Å²) in [6.45, 7) is 2.51. The molecule has 1 amide bonds. The SMILES string of the molecule is Cc1cccc(CNC(=O)c2cncnc2-c2ccccc2)c1. The van der Waals surface area contributed by atoms with Gasteiger partial charge in [-0.1, -0.05) is 60.2 Å². The Morgan fingerprint density at radius 3 is 2.70 bits per heavy atom. The Hall–Kier alpha value is -3.01. The molecule has 0 unspecified atom stereocenters. The normalized spacial score (nSPS) is 10.3. The summed E-state index contributed by atoms with van der Waals surface area (Å²) in [4.78, 5) is 20.8. The summed E-state index contributed by atoms with van der Waals surface area (Å²) < 4.78 is 0. The van der Waals surface area contributed by atoms with E-state index < -0.39 is 0 Å². The second-order valence-electron chi connectivity index (χ2n) is 5.32. The van der Waals surface area contributed by atoms with Gasteiger partial charge in [-0.15, -0.1) is 0 Å². The summed E-state index contributed by atoms with van der Waals surface area (Å²) in [5.41, 5.74) is 4.26. The number of amides is 1. The van der Waals surface area contributed by atoms with Crippen molar-refractivity contribution >= 4 is 5.91 Å². The molecule has 0 aliphatic carbocycles. The molecular formula is C19H17N3O. The van der Waals surface area contributed by atoms with Gasteiger partial charge in [-0.2, -0.15) is 0 Å². The predicted octanol–water partition coefficient (Wildman–Crippen LogP) is 3.38. The first-order valence-electron chi connectivity index (χ1n) is 7.43. The smallest absolute Gasteiger partial charge is 0.255 e. The van der Waals surface area contributed by atoms with Crippen LogP contribution in [0.25, 0.3) is 11.3 Å². The summed E-state index contributed by atoms with van der Waals surface area (Å²) in [5, 5.41) is 2.93. The van der Waals surface area contributed by atoms with Gasteiger partial charge in [-0.25, -0.2) is 9.97 Å². The lowest BCUT2D eigenvalue weighted by Gasteiger charge is -2.09. The van der Waals surface area contributed by atoms with Crippen molar-refractivity contribution < 1.29 is 4.79 Å². The van der Waals surface area contributed by atoms with Crippen LogP contribution >= 0.6 is 0 Å². The molecule has 0 bridgehead atoms. The Bertz CT molecular complexity index is 816. The number of nitrogens with one attached hydrogen (secondary N) is 1. The van der Waals surface area contributed by atoms with Crippen LogP contribution in [0, 0.1) is 6.92 Å². The summed E-state index contributed by atoms with van der Waals surface area (Å²) in [7, 11) is 0.